The molecule has 0 spiro atoms. The van der Waals surface area contributed by atoms with E-state index in [9.17, 15) is 5.11 Å². The Hall–Kier alpha value is -2.09. The van der Waals surface area contributed by atoms with Crippen molar-refractivity contribution < 1.29 is 5.11 Å². The molecule has 0 amide bonds. The minimum absolute atomic E-state index is 0.199. The molecule has 0 aliphatic rings. The van der Waals surface area contributed by atoms with Crippen molar-refractivity contribution in [2.45, 2.75) is 0 Å². The van der Waals surface area contributed by atoms with E-state index in [0.717, 1.165) is 5.56 Å². The highest BCUT2D eigenvalue weighted by atomic mass is 16.3. The summed E-state index contributed by atoms with van der Waals surface area (Å²) < 4.78 is 0. The molecule has 2 nitrogen and oxygen atoms in total. The van der Waals surface area contributed by atoms with Crippen molar-refractivity contribution in [3.05, 3.63) is 59.9 Å². The predicted molar refractivity (Wildman–Crippen MR) is 61.3 cm³/mol. The average Bonchev–Trinajstić information content (AvgIpc) is 2.29. The van der Waals surface area contributed by atoms with Gasteiger partial charge in [-0.05, 0) is 23.8 Å². The number of aromatic nitrogens is 1. The minimum atomic E-state index is 0.199. The molecule has 0 aliphatic heterocycles. The van der Waals surface area contributed by atoms with Crippen LogP contribution >= 0.6 is 0 Å². The van der Waals surface area contributed by atoms with Crippen molar-refractivity contribution in [1.29, 1.82) is 0 Å². The molecule has 1 heterocycles. The monoisotopic (exact) mass is 197 g/mol. The molecule has 0 unspecified atom stereocenters. The van der Waals surface area contributed by atoms with Crippen LogP contribution < -0.4 is 0 Å². The highest BCUT2D eigenvalue weighted by Crippen LogP contribution is 2.15. The molecule has 0 saturated carbocycles. The van der Waals surface area contributed by atoms with Gasteiger partial charge in [0, 0.05) is 6.20 Å². The summed E-state index contributed by atoms with van der Waals surface area (Å²) in [7, 11) is 0. The first-order valence-corrected chi connectivity index (χ1v) is 4.73. The van der Waals surface area contributed by atoms with E-state index < -0.39 is 0 Å². The van der Waals surface area contributed by atoms with Gasteiger partial charge in [-0.25, -0.2) is 0 Å². The molecule has 1 aromatic heterocycles. The Labute approximate surface area is 88.5 Å². The number of pyridine rings is 1. The molecule has 2 rings (SSSR count). The van der Waals surface area contributed by atoms with Crippen LogP contribution in [0, 0.1) is 0 Å². The third-order valence-electron chi connectivity index (χ3n) is 2.05. The summed E-state index contributed by atoms with van der Waals surface area (Å²) in [6.45, 7) is 0. The Morgan fingerprint density at radius 1 is 0.933 bits per heavy atom. The van der Waals surface area contributed by atoms with Crippen LogP contribution in [-0.2, 0) is 0 Å². The van der Waals surface area contributed by atoms with Gasteiger partial charge >= 0.3 is 0 Å². The van der Waals surface area contributed by atoms with E-state index in [1.165, 1.54) is 0 Å². The van der Waals surface area contributed by atoms with Gasteiger partial charge in [0.05, 0.1) is 0 Å². The zero-order chi connectivity index (χ0) is 10.5. The van der Waals surface area contributed by atoms with Crippen LogP contribution in [0.1, 0.15) is 11.3 Å². The van der Waals surface area contributed by atoms with Crippen LogP contribution in [0.25, 0.3) is 12.2 Å². The largest absolute Gasteiger partial charge is 0.506 e. The lowest BCUT2D eigenvalue weighted by Crippen LogP contribution is -1.79. The van der Waals surface area contributed by atoms with E-state index in [4.69, 9.17) is 0 Å². The van der Waals surface area contributed by atoms with Crippen LogP contribution in [0.15, 0.2) is 48.7 Å². The van der Waals surface area contributed by atoms with Gasteiger partial charge in [0.25, 0.3) is 0 Å². The van der Waals surface area contributed by atoms with Gasteiger partial charge < -0.3 is 5.11 Å². The molecule has 0 saturated heterocycles. The molecule has 0 atom stereocenters. The maximum atomic E-state index is 9.47. The Balaban J connectivity index is 2.23. The molecule has 0 fully saturated rings. The Morgan fingerprint density at radius 2 is 1.73 bits per heavy atom. The van der Waals surface area contributed by atoms with Gasteiger partial charge in [-0.1, -0.05) is 36.4 Å². The zero-order valence-corrected chi connectivity index (χ0v) is 8.17. The molecular formula is C13H11NO. The summed E-state index contributed by atoms with van der Waals surface area (Å²) in [5.74, 6) is 0.199. The first-order chi connectivity index (χ1) is 7.36. The maximum Gasteiger partial charge on any atom is 0.141 e. The molecule has 0 aliphatic carbocycles. The summed E-state index contributed by atoms with van der Waals surface area (Å²) in [4.78, 5) is 4.06. The standard InChI is InChI=1S/C13H11NO/c15-13-7-4-10-14-12(13)9-8-11-5-2-1-3-6-11/h1-10,15H. The molecule has 1 aromatic carbocycles. The molecule has 2 aromatic rings. The highest BCUT2D eigenvalue weighted by molar-refractivity contribution is 5.70. The molecule has 74 valence electrons. The highest BCUT2D eigenvalue weighted by Gasteiger charge is 1.94. The molecule has 1 N–H and O–H groups in total. The van der Waals surface area contributed by atoms with E-state index in [0.29, 0.717) is 5.69 Å². The van der Waals surface area contributed by atoms with Gasteiger partial charge in [0.15, 0.2) is 0 Å². The maximum absolute atomic E-state index is 9.47. The fraction of sp³-hybridized carbons (Fsp3) is 0. The van der Waals surface area contributed by atoms with Gasteiger partial charge in [-0.2, -0.15) is 0 Å². The van der Waals surface area contributed by atoms with Crippen LogP contribution in [0.4, 0.5) is 0 Å². The van der Waals surface area contributed by atoms with Crippen LogP contribution in [0.3, 0.4) is 0 Å². The Kier molecular flexibility index (Phi) is 2.79. The van der Waals surface area contributed by atoms with Crippen LogP contribution in [0.2, 0.25) is 0 Å². The molecule has 2 heteroatoms. The summed E-state index contributed by atoms with van der Waals surface area (Å²) in [5, 5.41) is 9.47. The van der Waals surface area contributed by atoms with Crippen LogP contribution in [-0.4, -0.2) is 10.1 Å². The average molecular weight is 197 g/mol. The Morgan fingerprint density at radius 3 is 2.47 bits per heavy atom. The van der Waals surface area contributed by atoms with Crippen molar-refractivity contribution in [3.8, 4) is 5.75 Å². The number of hydrogen-bond acceptors (Lipinski definition) is 2. The smallest absolute Gasteiger partial charge is 0.141 e. The van der Waals surface area contributed by atoms with Gasteiger partial charge in [-0.3, -0.25) is 4.98 Å². The fourth-order valence-corrected chi connectivity index (χ4v) is 1.28. The molecule has 0 radical (unpaired) electrons. The van der Waals surface area contributed by atoms with Crippen molar-refractivity contribution in [1.82, 2.24) is 4.98 Å². The molecular weight excluding hydrogens is 186 g/mol. The van der Waals surface area contributed by atoms with Crippen molar-refractivity contribution >= 4 is 12.2 Å². The van der Waals surface area contributed by atoms with Crippen LogP contribution in [0.5, 0.6) is 5.75 Å². The first kappa shape index (κ1) is 9.46. The summed E-state index contributed by atoms with van der Waals surface area (Å²) in [6.07, 6.45) is 5.37. The second-order valence-corrected chi connectivity index (χ2v) is 3.15. The fourth-order valence-electron chi connectivity index (χ4n) is 1.28. The second kappa shape index (κ2) is 4.42. The Bertz CT molecular complexity index is 463. The van der Waals surface area contributed by atoms with Crippen molar-refractivity contribution in [2.75, 3.05) is 0 Å². The van der Waals surface area contributed by atoms with E-state index in [2.05, 4.69) is 4.98 Å². The SMILES string of the molecule is Oc1cccnc1C=Cc1ccccc1. The third kappa shape index (κ3) is 2.44. The molecule has 0 bridgehead atoms. The van der Waals surface area contributed by atoms with E-state index in [1.807, 2.05) is 36.4 Å². The van der Waals surface area contributed by atoms with Gasteiger partial charge in [0.1, 0.15) is 11.4 Å². The van der Waals surface area contributed by atoms with E-state index in [1.54, 1.807) is 24.4 Å². The number of nitrogens with zero attached hydrogens (tertiary/aromatic N) is 1. The lowest BCUT2D eigenvalue weighted by molar-refractivity contribution is 0.471. The summed E-state index contributed by atoms with van der Waals surface area (Å²) in [5.41, 5.74) is 1.67. The third-order valence-corrected chi connectivity index (χ3v) is 2.05. The molecule has 15 heavy (non-hydrogen) atoms. The lowest BCUT2D eigenvalue weighted by atomic mass is 10.2. The normalized spacial score (nSPS) is 10.7. The summed E-state index contributed by atoms with van der Waals surface area (Å²) in [6, 6.07) is 13.2. The zero-order valence-electron chi connectivity index (χ0n) is 8.17. The number of aromatic hydroxyl groups is 1. The first-order valence-electron chi connectivity index (χ1n) is 4.73. The minimum Gasteiger partial charge on any atom is -0.506 e. The van der Waals surface area contributed by atoms with E-state index in [-0.39, 0.29) is 5.75 Å². The summed E-state index contributed by atoms with van der Waals surface area (Å²) >= 11 is 0. The second-order valence-electron chi connectivity index (χ2n) is 3.15. The topological polar surface area (TPSA) is 33.1 Å². The number of rotatable bonds is 2. The van der Waals surface area contributed by atoms with Crippen molar-refractivity contribution in [3.63, 3.8) is 0 Å². The predicted octanol–water partition coefficient (Wildman–Crippen LogP) is 2.96. The van der Waals surface area contributed by atoms with Gasteiger partial charge in [0.2, 0.25) is 0 Å². The van der Waals surface area contributed by atoms with Crippen molar-refractivity contribution in [2.24, 2.45) is 0 Å². The van der Waals surface area contributed by atoms with Gasteiger partial charge in [-0.15, -0.1) is 0 Å². The number of benzene rings is 1. The van der Waals surface area contributed by atoms with E-state index >= 15 is 0 Å². The quantitative estimate of drug-likeness (QED) is 0.802. The number of hydrogen-bond donors (Lipinski definition) is 1. The lowest BCUT2D eigenvalue weighted by Gasteiger charge is -1.96.